The number of nitrogens with one attached hydrogen (secondary N) is 1. The highest BCUT2D eigenvalue weighted by atomic mass is 32.2. The lowest BCUT2D eigenvalue weighted by atomic mass is 9.99. The summed E-state index contributed by atoms with van der Waals surface area (Å²) in [5.74, 6) is 2.44. The van der Waals surface area contributed by atoms with Crippen molar-refractivity contribution in [3.63, 3.8) is 0 Å². The maximum Gasteiger partial charge on any atom is 0.197 e. The molecular formula is C16H23N7OS. The summed E-state index contributed by atoms with van der Waals surface area (Å²) in [7, 11) is 2.04. The van der Waals surface area contributed by atoms with Crippen LogP contribution in [0.4, 0.5) is 5.82 Å². The molecule has 9 heteroatoms. The largest absolute Gasteiger partial charge is 0.378 e. The zero-order chi connectivity index (χ0) is 17.1. The molecule has 0 aliphatic carbocycles. The summed E-state index contributed by atoms with van der Waals surface area (Å²) in [6, 6.07) is 2.02. The summed E-state index contributed by atoms with van der Waals surface area (Å²) in [6.07, 6.45) is 3.97. The van der Waals surface area contributed by atoms with Crippen LogP contribution in [0.5, 0.6) is 0 Å². The highest BCUT2D eigenvalue weighted by Gasteiger charge is 2.22. The molecule has 0 saturated carbocycles. The third kappa shape index (κ3) is 3.78. The maximum absolute atomic E-state index is 5.41. The van der Waals surface area contributed by atoms with Gasteiger partial charge in [-0.05, 0) is 31.1 Å². The topological polar surface area (TPSA) is 81.0 Å². The molecule has 2 aliphatic rings. The van der Waals surface area contributed by atoms with Crippen molar-refractivity contribution in [3.8, 4) is 0 Å². The first-order valence-electron chi connectivity index (χ1n) is 8.74. The van der Waals surface area contributed by atoms with E-state index < -0.39 is 0 Å². The van der Waals surface area contributed by atoms with E-state index in [9.17, 15) is 0 Å². The number of rotatable bonds is 4. The average Bonchev–Trinajstić information content (AvgIpc) is 3.04. The molecule has 4 heterocycles. The normalized spacial score (nSPS) is 21.5. The molecule has 25 heavy (non-hydrogen) atoms. The molecule has 2 fully saturated rings. The van der Waals surface area contributed by atoms with Crippen LogP contribution < -0.4 is 10.2 Å². The Morgan fingerprint density at radius 3 is 2.92 bits per heavy atom. The molecule has 0 radical (unpaired) electrons. The minimum absolute atomic E-state index is 0.440. The fourth-order valence-electron chi connectivity index (χ4n) is 3.29. The molecular weight excluding hydrogens is 338 g/mol. The first-order valence-corrected chi connectivity index (χ1v) is 9.55. The van der Waals surface area contributed by atoms with E-state index in [4.69, 9.17) is 4.74 Å². The summed E-state index contributed by atoms with van der Waals surface area (Å²) in [5.41, 5.74) is 0. The van der Waals surface area contributed by atoms with Crippen LogP contribution in [0, 0.1) is 0 Å². The van der Waals surface area contributed by atoms with Gasteiger partial charge in [0.2, 0.25) is 0 Å². The second-order valence-corrected chi connectivity index (χ2v) is 7.35. The van der Waals surface area contributed by atoms with Gasteiger partial charge in [0.15, 0.2) is 5.16 Å². The molecule has 0 bridgehead atoms. The van der Waals surface area contributed by atoms with E-state index in [0.717, 1.165) is 61.2 Å². The molecule has 2 aromatic heterocycles. The Labute approximate surface area is 151 Å². The van der Waals surface area contributed by atoms with Crippen LogP contribution in [-0.2, 0) is 11.8 Å². The van der Waals surface area contributed by atoms with Crippen molar-refractivity contribution in [2.24, 2.45) is 7.05 Å². The van der Waals surface area contributed by atoms with Crippen molar-refractivity contribution in [1.82, 2.24) is 30.0 Å². The van der Waals surface area contributed by atoms with Gasteiger partial charge in [-0.15, -0.1) is 10.2 Å². The minimum atomic E-state index is 0.440. The lowest BCUT2D eigenvalue weighted by Gasteiger charge is -2.27. The molecule has 4 rings (SSSR count). The Bertz CT molecular complexity index is 710. The molecule has 1 atom stereocenters. The van der Waals surface area contributed by atoms with Gasteiger partial charge in [-0.25, -0.2) is 9.97 Å². The quantitative estimate of drug-likeness (QED) is 0.810. The smallest absolute Gasteiger partial charge is 0.197 e. The van der Waals surface area contributed by atoms with E-state index >= 15 is 0 Å². The van der Waals surface area contributed by atoms with Gasteiger partial charge in [0, 0.05) is 38.7 Å². The van der Waals surface area contributed by atoms with Gasteiger partial charge in [0.25, 0.3) is 0 Å². The van der Waals surface area contributed by atoms with Gasteiger partial charge in [-0.1, -0.05) is 0 Å². The zero-order valence-corrected chi connectivity index (χ0v) is 15.2. The number of aromatic nitrogens is 5. The predicted octanol–water partition coefficient (Wildman–Crippen LogP) is 1.06. The second kappa shape index (κ2) is 7.67. The molecule has 0 amide bonds. The first-order chi connectivity index (χ1) is 12.3. The van der Waals surface area contributed by atoms with Crippen LogP contribution >= 0.6 is 11.8 Å². The number of morpholine rings is 1. The molecule has 0 spiro atoms. The van der Waals surface area contributed by atoms with Gasteiger partial charge < -0.3 is 19.5 Å². The minimum Gasteiger partial charge on any atom is -0.378 e. The molecule has 2 aromatic rings. The second-order valence-electron chi connectivity index (χ2n) is 6.36. The number of hydrogen-bond acceptors (Lipinski definition) is 8. The van der Waals surface area contributed by atoms with Crippen LogP contribution in [0.3, 0.4) is 0 Å². The molecule has 2 aliphatic heterocycles. The summed E-state index contributed by atoms with van der Waals surface area (Å²) < 4.78 is 7.50. The Morgan fingerprint density at radius 2 is 2.12 bits per heavy atom. The van der Waals surface area contributed by atoms with Crippen molar-refractivity contribution in [1.29, 1.82) is 0 Å². The van der Waals surface area contributed by atoms with Crippen LogP contribution in [-0.4, -0.2) is 64.1 Å². The molecule has 134 valence electrons. The fourth-order valence-corrected chi connectivity index (χ4v) is 4.05. The highest BCUT2D eigenvalue weighted by Crippen LogP contribution is 2.29. The van der Waals surface area contributed by atoms with E-state index in [0.29, 0.717) is 5.92 Å². The third-order valence-corrected chi connectivity index (χ3v) is 5.66. The molecule has 0 aromatic carbocycles. The van der Waals surface area contributed by atoms with E-state index in [1.807, 2.05) is 13.1 Å². The van der Waals surface area contributed by atoms with E-state index in [2.05, 4.69) is 34.9 Å². The summed E-state index contributed by atoms with van der Waals surface area (Å²) >= 11 is 1.54. The highest BCUT2D eigenvalue weighted by molar-refractivity contribution is 7.99. The van der Waals surface area contributed by atoms with Gasteiger partial charge in [-0.3, -0.25) is 0 Å². The van der Waals surface area contributed by atoms with Crippen molar-refractivity contribution < 1.29 is 4.74 Å². The van der Waals surface area contributed by atoms with Crippen LogP contribution in [0.25, 0.3) is 0 Å². The average molecular weight is 361 g/mol. The van der Waals surface area contributed by atoms with Gasteiger partial charge in [-0.2, -0.15) is 0 Å². The van der Waals surface area contributed by atoms with Crippen molar-refractivity contribution in [2.45, 2.75) is 28.9 Å². The number of anilines is 1. The van der Waals surface area contributed by atoms with Crippen LogP contribution in [0.1, 0.15) is 24.6 Å². The van der Waals surface area contributed by atoms with Gasteiger partial charge >= 0.3 is 0 Å². The van der Waals surface area contributed by atoms with E-state index in [1.54, 1.807) is 6.33 Å². The van der Waals surface area contributed by atoms with Crippen molar-refractivity contribution in [2.75, 3.05) is 44.3 Å². The molecule has 1 unspecified atom stereocenters. The Balaban J connectivity index is 1.49. The van der Waals surface area contributed by atoms with E-state index in [1.165, 1.54) is 24.6 Å². The Kier molecular flexibility index (Phi) is 5.14. The molecule has 2 saturated heterocycles. The van der Waals surface area contributed by atoms with Crippen LogP contribution in [0.2, 0.25) is 0 Å². The number of hydrogen-bond donors (Lipinski definition) is 1. The summed E-state index contributed by atoms with van der Waals surface area (Å²) in [4.78, 5) is 11.0. The predicted molar refractivity (Wildman–Crippen MR) is 95.0 cm³/mol. The zero-order valence-electron chi connectivity index (χ0n) is 14.4. The maximum atomic E-state index is 5.41. The SMILES string of the molecule is Cn1c(Sc2cc(N3CCOCC3)ncn2)nnc1C1CCCNC1. The fraction of sp³-hybridized carbons (Fsp3) is 0.625. The monoisotopic (exact) mass is 361 g/mol. The summed E-state index contributed by atoms with van der Waals surface area (Å²) in [6.45, 7) is 5.30. The van der Waals surface area contributed by atoms with Gasteiger partial charge in [0.1, 0.15) is 23.0 Å². The van der Waals surface area contributed by atoms with Crippen molar-refractivity contribution >= 4 is 17.6 Å². The summed E-state index contributed by atoms with van der Waals surface area (Å²) in [5, 5.41) is 14.0. The number of piperidine rings is 1. The standard InChI is InChI=1S/C16H23N7OS/c1-22-15(12-3-2-4-17-10-12)20-21-16(22)25-14-9-13(18-11-19-14)23-5-7-24-8-6-23/h9,11-12,17H,2-8,10H2,1H3. The Hall–Kier alpha value is -1.71. The van der Waals surface area contributed by atoms with Gasteiger partial charge in [0.05, 0.1) is 13.2 Å². The van der Waals surface area contributed by atoms with E-state index in [-0.39, 0.29) is 0 Å². The number of nitrogens with zero attached hydrogens (tertiary/aromatic N) is 6. The molecule has 1 N–H and O–H groups in total. The third-order valence-electron chi connectivity index (χ3n) is 4.69. The Morgan fingerprint density at radius 1 is 1.24 bits per heavy atom. The van der Waals surface area contributed by atoms with Crippen molar-refractivity contribution in [3.05, 3.63) is 18.2 Å². The lowest BCUT2D eigenvalue weighted by Crippen LogP contribution is -2.36. The van der Waals surface area contributed by atoms with Crippen LogP contribution in [0.15, 0.2) is 22.6 Å². The lowest BCUT2D eigenvalue weighted by molar-refractivity contribution is 0.122. The number of ether oxygens (including phenoxy) is 1. The molecule has 8 nitrogen and oxygen atoms in total. The first kappa shape index (κ1) is 16.7.